The van der Waals surface area contributed by atoms with Crippen molar-refractivity contribution < 1.29 is 18.7 Å². The van der Waals surface area contributed by atoms with Crippen LogP contribution < -0.4 is 0 Å². The highest BCUT2D eigenvalue weighted by Crippen LogP contribution is 2.23. The number of piperidine rings is 1. The van der Waals surface area contributed by atoms with Gasteiger partial charge in [0.2, 0.25) is 5.91 Å². The molecular weight excluding hydrogens is 317 g/mol. The maximum atomic E-state index is 13.5. The summed E-state index contributed by atoms with van der Waals surface area (Å²) in [7, 11) is 0. The third kappa shape index (κ3) is 5.23. The van der Waals surface area contributed by atoms with E-state index in [-0.39, 0.29) is 23.6 Å². The molecule has 1 aliphatic heterocycles. The Bertz CT molecular complexity index is 544. The Hall–Kier alpha value is -1.56. The van der Waals surface area contributed by atoms with Crippen LogP contribution in [-0.4, -0.2) is 42.2 Å². The van der Waals surface area contributed by atoms with E-state index in [9.17, 15) is 14.0 Å². The van der Waals surface area contributed by atoms with Gasteiger partial charge in [0.1, 0.15) is 5.82 Å². The van der Waals surface area contributed by atoms with Crippen molar-refractivity contribution in [3.05, 3.63) is 30.1 Å². The standard InChI is InChI=1S/C17H22FNO3S/c1-2-22-17(21)13-7-10-19(11-8-13)16(20)9-12-23-15-6-4-3-5-14(15)18/h3-6,13H,2,7-12H2,1H3. The van der Waals surface area contributed by atoms with Crippen LogP contribution >= 0.6 is 11.8 Å². The van der Waals surface area contributed by atoms with Crippen LogP contribution in [0.5, 0.6) is 0 Å². The molecule has 0 unspecified atom stereocenters. The van der Waals surface area contributed by atoms with Crippen LogP contribution in [-0.2, 0) is 14.3 Å². The number of esters is 1. The van der Waals surface area contributed by atoms with Crippen molar-refractivity contribution in [2.75, 3.05) is 25.4 Å². The lowest BCUT2D eigenvalue weighted by Crippen LogP contribution is -2.40. The highest BCUT2D eigenvalue weighted by Gasteiger charge is 2.27. The number of carbonyl (C=O) groups is 2. The number of rotatable bonds is 6. The SMILES string of the molecule is CCOC(=O)C1CCN(C(=O)CCSc2ccccc2F)CC1. The minimum atomic E-state index is -0.250. The van der Waals surface area contributed by atoms with Gasteiger partial charge in [-0.1, -0.05) is 12.1 Å². The second-order valence-corrected chi connectivity index (χ2v) is 6.57. The van der Waals surface area contributed by atoms with E-state index in [0.717, 1.165) is 0 Å². The maximum absolute atomic E-state index is 13.5. The van der Waals surface area contributed by atoms with Crippen LogP contribution in [0.4, 0.5) is 4.39 Å². The van der Waals surface area contributed by atoms with E-state index in [2.05, 4.69) is 0 Å². The predicted octanol–water partition coefficient (Wildman–Crippen LogP) is 3.11. The van der Waals surface area contributed by atoms with Crippen LogP contribution in [0.1, 0.15) is 26.2 Å². The minimum absolute atomic E-state index is 0.0659. The molecule has 0 radical (unpaired) electrons. The molecule has 1 aromatic rings. The zero-order valence-corrected chi connectivity index (χ0v) is 14.1. The lowest BCUT2D eigenvalue weighted by atomic mass is 9.97. The van der Waals surface area contributed by atoms with Crippen molar-refractivity contribution in [1.82, 2.24) is 4.90 Å². The van der Waals surface area contributed by atoms with Gasteiger partial charge in [0.05, 0.1) is 12.5 Å². The van der Waals surface area contributed by atoms with E-state index in [4.69, 9.17) is 4.74 Å². The molecule has 126 valence electrons. The van der Waals surface area contributed by atoms with Crippen molar-refractivity contribution in [2.24, 2.45) is 5.92 Å². The molecule has 0 aliphatic carbocycles. The number of carbonyl (C=O) groups excluding carboxylic acids is 2. The third-order valence-corrected chi connectivity index (χ3v) is 4.93. The Kier molecular flexibility index (Phi) is 6.89. The molecule has 1 heterocycles. The first-order chi connectivity index (χ1) is 11.1. The van der Waals surface area contributed by atoms with E-state index >= 15 is 0 Å². The number of amides is 1. The van der Waals surface area contributed by atoms with Gasteiger partial charge in [-0.2, -0.15) is 0 Å². The van der Waals surface area contributed by atoms with Gasteiger partial charge >= 0.3 is 5.97 Å². The van der Waals surface area contributed by atoms with E-state index in [1.165, 1.54) is 17.8 Å². The number of benzene rings is 1. The summed E-state index contributed by atoms with van der Waals surface area (Å²) in [6.45, 7) is 3.37. The van der Waals surface area contributed by atoms with Crippen LogP contribution in [0.25, 0.3) is 0 Å². The van der Waals surface area contributed by atoms with Crippen LogP contribution in [0.2, 0.25) is 0 Å². The second-order valence-electron chi connectivity index (χ2n) is 5.44. The highest BCUT2D eigenvalue weighted by molar-refractivity contribution is 7.99. The van der Waals surface area contributed by atoms with Crippen LogP contribution in [0.15, 0.2) is 29.2 Å². The first-order valence-electron chi connectivity index (χ1n) is 7.93. The predicted molar refractivity (Wildman–Crippen MR) is 87.7 cm³/mol. The summed E-state index contributed by atoms with van der Waals surface area (Å²) in [6.07, 6.45) is 1.69. The topological polar surface area (TPSA) is 46.6 Å². The summed E-state index contributed by atoms with van der Waals surface area (Å²) in [4.78, 5) is 26.2. The third-order valence-electron chi connectivity index (χ3n) is 3.88. The lowest BCUT2D eigenvalue weighted by molar-refractivity contribution is -0.151. The number of thioether (sulfide) groups is 1. The number of hydrogen-bond acceptors (Lipinski definition) is 4. The van der Waals surface area contributed by atoms with Gasteiger partial charge in [0.15, 0.2) is 0 Å². The molecule has 0 aromatic heterocycles. The van der Waals surface area contributed by atoms with Crippen molar-refractivity contribution in [3.63, 3.8) is 0 Å². The molecule has 23 heavy (non-hydrogen) atoms. The van der Waals surface area contributed by atoms with E-state index in [1.807, 2.05) is 0 Å². The molecule has 2 rings (SSSR count). The summed E-state index contributed by atoms with van der Waals surface area (Å²) in [5.41, 5.74) is 0. The van der Waals surface area contributed by atoms with Gasteiger partial charge < -0.3 is 9.64 Å². The van der Waals surface area contributed by atoms with Gasteiger partial charge in [-0.15, -0.1) is 11.8 Å². The Morgan fingerprint density at radius 1 is 1.30 bits per heavy atom. The average Bonchev–Trinajstić information content (AvgIpc) is 2.57. The summed E-state index contributed by atoms with van der Waals surface area (Å²) < 4.78 is 18.5. The molecule has 0 atom stereocenters. The fourth-order valence-corrected chi connectivity index (χ4v) is 3.47. The molecule has 0 saturated carbocycles. The van der Waals surface area contributed by atoms with Gasteiger partial charge in [0, 0.05) is 30.2 Å². The molecule has 4 nitrogen and oxygen atoms in total. The summed E-state index contributed by atoms with van der Waals surface area (Å²) in [6, 6.07) is 6.57. The molecule has 1 saturated heterocycles. The number of hydrogen-bond donors (Lipinski definition) is 0. The Labute approximate surface area is 140 Å². The molecule has 0 spiro atoms. The monoisotopic (exact) mass is 339 g/mol. The van der Waals surface area contributed by atoms with E-state index in [1.54, 1.807) is 30.0 Å². The average molecular weight is 339 g/mol. The molecule has 0 bridgehead atoms. The summed E-state index contributed by atoms with van der Waals surface area (Å²) in [5, 5.41) is 0. The first kappa shape index (κ1) is 17.8. The summed E-state index contributed by atoms with van der Waals surface area (Å²) in [5.74, 6) is 0.121. The second kappa shape index (κ2) is 8.91. The molecule has 1 amide bonds. The molecule has 0 N–H and O–H groups in total. The van der Waals surface area contributed by atoms with Crippen molar-refractivity contribution >= 4 is 23.6 Å². The zero-order chi connectivity index (χ0) is 16.7. The van der Waals surface area contributed by atoms with Gasteiger partial charge in [-0.25, -0.2) is 4.39 Å². The highest BCUT2D eigenvalue weighted by atomic mass is 32.2. The molecule has 1 fully saturated rings. The lowest BCUT2D eigenvalue weighted by Gasteiger charge is -2.30. The quantitative estimate of drug-likeness (QED) is 0.590. The first-order valence-corrected chi connectivity index (χ1v) is 8.92. The number of ether oxygens (including phenoxy) is 1. The van der Waals surface area contributed by atoms with Gasteiger partial charge in [-0.3, -0.25) is 9.59 Å². The van der Waals surface area contributed by atoms with Crippen molar-refractivity contribution in [1.29, 1.82) is 0 Å². The van der Waals surface area contributed by atoms with Crippen LogP contribution in [0, 0.1) is 11.7 Å². The van der Waals surface area contributed by atoms with Crippen molar-refractivity contribution in [3.8, 4) is 0 Å². The fourth-order valence-electron chi connectivity index (χ4n) is 2.59. The minimum Gasteiger partial charge on any atom is -0.466 e. The molecule has 1 aromatic carbocycles. The molecule has 1 aliphatic rings. The Balaban J connectivity index is 1.71. The van der Waals surface area contributed by atoms with Gasteiger partial charge in [-0.05, 0) is 31.9 Å². The largest absolute Gasteiger partial charge is 0.466 e. The molecule has 6 heteroatoms. The normalized spacial score (nSPS) is 15.5. The molecular formula is C17H22FNO3S. The van der Waals surface area contributed by atoms with E-state index < -0.39 is 0 Å². The smallest absolute Gasteiger partial charge is 0.309 e. The van der Waals surface area contributed by atoms with Gasteiger partial charge in [0.25, 0.3) is 0 Å². The fraction of sp³-hybridized carbons (Fsp3) is 0.529. The Morgan fingerprint density at radius 3 is 2.65 bits per heavy atom. The van der Waals surface area contributed by atoms with Crippen LogP contribution in [0.3, 0.4) is 0 Å². The van der Waals surface area contributed by atoms with Crippen molar-refractivity contribution in [2.45, 2.75) is 31.1 Å². The number of likely N-dealkylation sites (tertiary alicyclic amines) is 1. The Morgan fingerprint density at radius 2 is 2.00 bits per heavy atom. The maximum Gasteiger partial charge on any atom is 0.309 e. The summed E-state index contributed by atoms with van der Waals surface area (Å²) >= 11 is 1.35. The van der Waals surface area contributed by atoms with E-state index in [0.29, 0.717) is 49.6 Å². The number of halogens is 1. The number of nitrogens with zero attached hydrogens (tertiary/aromatic N) is 1. The zero-order valence-electron chi connectivity index (χ0n) is 13.3.